The Morgan fingerprint density at radius 3 is 2.60 bits per heavy atom. The number of terminal acetylenes is 1. The van der Waals surface area contributed by atoms with Crippen LogP contribution in [0.5, 0.6) is 11.5 Å². The predicted molar refractivity (Wildman–Crippen MR) is 137 cm³/mol. The molecule has 3 aromatic heterocycles. The standard InChI is InChI=1S/C21H16ClN7O.C3H4.CH2O/c1-12-23-9-17-20(27-12)21(25-10-24-17)28-13-3-6-19(15(22)7-13)30-14-4-5-18-16(8-14)26-11-29(18)2;1-3-2;1-2/h3-11H,1-2H3,(H,24,25,28);1H,2H3;1H2. The molecule has 0 spiro atoms. The van der Waals surface area contributed by atoms with Gasteiger partial charge in [-0.05, 0) is 44.2 Å². The molecule has 0 saturated carbocycles. The predicted octanol–water partition coefficient (Wildman–Crippen LogP) is 5.26. The molecule has 5 rings (SSSR count). The van der Waals surface area contributed by atoms with Crippen LogP contribution in [0.15, 0.2) is 55.2 Å². The summed E-state index contributed by atoms with van der Waals surface area (Å²) < 4.78 is 7.92. The molecule has 0 atom stereocenters. The Kier molecular flexibility index (Phi) is 8.27. The van der Waals surface area contributed by atoms with E-state index in [0.29, 0.717) is 39.2 Å². The van der Waals surface area contributed by atoms with Crippen LogP contribution in [0, 0.1) is 19.3 Å². The SMILES string of the molecule is C#CC.C=O.Cc1ncc2ncnc(Nc3ccc(Oc4ccc5c(c4)ncn5C)c(Cl)c3)c2n1. The second-order valence-electron chi connectivity index (χ2n) is 7.04. The molecule has 2 aromatic carbocycles. The van der Waals surface area contributed by atoms with Crippen molar-refractivity contribution in [1.82, 2.24) is 29.5 Å². The number of fused-ring (bicyclic) bond motifs is 2. The van der Waals surface area contributed by atoms with Gasteiger partial charge in [-0.1, -0.05) is 11.6 Å². The smallest absolute Gasteiger partial charge is 0.160 e. The number of nitrogens with zero attached hydrogens (tertiary/aromatic N) is 6. The third-order valence-electron chi connectivity index (χ3n) is 4.62. The minimum atomic E-state index is 0.463. The van der Waals surface area contributed by atoms with Crippen LogP contribution in [-0.2, 0) is 11.8 Å². The van der Waals surface area contributed by atoms with Crippen molar-refractivity contribution in [3.8, 4) is 23.8 Å². The molecule has 1 N–H and O–H groups in total. The summed E-state index contributed by atoms with van der Waals surface area (Å²) in [5.74, 6) is 4.68. The van der Waals surface area contributed by atoms with Gasteiger partial charge in [0.1, 0.15) is 41.5 Å². The van der Waals surface area contributed by atoms with E-state index in [0.717, 1.165) is 16.7 Å². The van der Waals surface area contributed by atoms with Crippen molar-refractivity contribution in [3.05, 3.63) is 66.1 Å². The second kappa shape index (κ2) is 11.5. The fraction of sp³-hybridized carbons (Fsp3) is 0.120. The monoisotopic (exact) mass is 487 g/mol. The summed E-state index contributed by atoms with van der Waals surface area (Å²) in [6, 6.07) is 11.2. The lowest BCUT2D eigenvalue weighted by molar-refractivity contribution is -0.0979. The zero-order chi connectivity index (χ0) is 25.4. The first-order valence-corrected chi connectivity index (χ1v) is 10.6. The van der Waals surface area contributed by atoms with E-state index in [2.05, 4.69) is 42.6 Å². The Morgan fingerprint density at radius 2 is 1.86 bits per heavy atom. The van der Waals surface area contributed by atoms with Gasteiger partial charge in [0.05, 0.1) is 28.6 Å². The first kappa shape index (κ1) is 25.1. The molecule has 0 amide bonds. The molecule has 0 aliphatic heterocycles. The van der Waals surface area contributed by atoms with E-state index in [1.54, 1.807) is 31.6 Å². The van der Waals surface area contributed by atoms with Gasteiger partial charge in [-0.25, -0.2) is 24.9 Å². The number of ether oxygens (including phenoxy) is 1. The molecule has 176 valence electrons. The molecule has 0 aliphatic carbocycles. The maximum atomic E-state index is 8.00. The zero-order valence-electron chi connectivity index (χ0n) is 19.4. The first-order chi connectivity index (χ1) is 17.0. The van der Waals surface area contributed by atoms with E-state index in [1.807, 2.05) is 49.6 Å². The summed E-state index contributed by atoms with van der Waals surface area (Å²) in [4.78, 5) is 29.4. The van der Waals surface area contributed by atoms with Crippen molar-refractivity contribution in [2.45, 2.75) is 13.8 Å². The fourth-order valence-corrected chi connectivity index (χ4v) is 3.36. The normalized spacial score (nSPS) is 9.91. The van der Waals surface area contributed by atoms with Gasteiger partial charge in [-0.2, -0.15) is 0 Å². The highest BCUT2D eigenvalue weighted by Crippen LogP contribution is 2.33. The van der Waals surface area contributed by atoms with Crippen LogP contribution < -0.4 is 10.1 Å². The number of nitrogens with one attached hydrogen (secondary N) is 1. The van der Waals surface area contributed by atoms with Crippen molar-refractivity contribution in [1.29, 1.82) is 0 Å². The Bertz CT molecular complexity index is 1510. The molecule has 10 heteroatoms. The number of anilines is 2. The number of halogens is 1. The summed E-state index contributed by atoms with van der Waals surface area (Å²) in [6.45, 7) is 5.47. The van der Waals surface area contributed by atoms with E-state index in [-0.39, 0.29) is 0 Å². The third kappa shape index (κ3) is 5.88. The van der Waals surface area contributed by atoms with Crippen molar-refractivity contribution in [2.75, 3.05) is 5.32 Å². The number of aromatic nitrogens is 6. The molecule has 0 unspecified atom stereocenters. The number of aryl methyl sites for hydroxylation is 2. The topological polar surface area (TPSA) is 108 Å². The lowest BCUT2D eigenvalue weighted by atomic mass is 10.2. The van der Waals surface area contributed by atoms with Crippen LogP contribution in [0.1, 0.15) is 12.7 Å². The molecule has 5 aromatic rings. The number of imidazole rings is 1. The van der Waals surface area contributed by atoms with Gasteiger partial charge in [-0.3, -0.25) is 0 Å². The summed E-state index contributed by atoms with van der Waals surface area (Å²) in [6.07, 6.45) is 9.51. The van der Waals surface area contributed by atoms with Gasteiger partial charge >= 0.3 is 0 Å². The van der Waals surface area contributed by atoms with Crippen LogP contribution >= 0.6 is 11.6 Å². The number of hydrogen-bond acceptors (Lipinski definition) is 8. The number of carbonyl (C=O) groups excluding carboxylic acids is 1. The zero-order valence-corrected chi connectivity index (χ0v) is 20.1. The average molecular weight is 488 g/mol. The minimum Gasteiger partial charge on any atom is -0.456 e. The third-order valence-corrected chi connectivity index (χ3v) is 4.91. The average Bonchev–Trinajstić information content (AvgIpc) is 3.23. The molecule has 0 bridgehead atoms. The molecule has 3 heterocycles. The Hall–Kier alpha value is -4.55. The van der Waals surface area contributed by atoms with Crippen molar-refractivity contribution < 1.29 is 9.53 Å². The second-order valence-corrected chi connectivity index (χ2v) is 7.45. The van der Waals surface area contributed by atoms with Gasteiger partial charge in [0, 0.05) is 18.8 Å². The van der Waals surface area contributed by atoms with E-state index in [4.69, 9.17) is 21.1 Å². The largest absolute Gasteiger partial charge is 0.456 e. The lowest BCUT2D eigenvalue weighted by Gasteiger charge is -2.11. The van der Waals surface area contributed by atoms with Crippen molar-refractivity contribution in [3.63, 3.8) is 0 Å². The van der Waals surface area contributed by atoms with Gasteiger partial charge in [0.25, 0.3) is 0 Å². The molecule has 9 nitrogen and oxygen atoms in total. The number of rotatable bonds is 4. The highest BCUT2D eigenvalue weighted by molar-refractivity contribution is 6.32. The summed E-state index contributed by atoms with van der Waals surface area (Å²) >= 11 is 6.47. The van der Waals surface area contributed by atoms with Crippen LogP contribution in [0.3, 0.4) is 0 Å². The Balaban J connectivity index is 0.000000638. The maximum Gasteiger partial charge on any atom is 0.160 e. The summed E-state index contributed by atoms with van der Waals surface area (Å²) in [5.41, 5.74) is 3.95. The van der Waals surface area contributed by atoms with Gasteiger partial charge in [0.15, 0.2) is 5.82 Å². The molecular weight excluding hydrogens is 466 g/mol. The Labute approximate surface area is 207 Å². The van der Waals surface area contributed by atoms with E-state index >= 15 is 0 Å². The fourth-order valence-electron chi connectivity index (χ4n) is 3.14. The number of benzene rings is 2. The maximum absolute atomic E-state index is 8.00. The van der Waals surface area contributed by atoms with Gasteiger partial charge in [0.2, 0.25) is 0 Å². The summed E-state index contributed by atoms with van der Waals surface area (Å²) in [7, 11) is 1.95. The minimum absolute atomic E-state index is 0.463. The molecule has 0 aliphatic rings. The van der Waals surface area contributed by atoms with Gasteiger partial charge < -0.3 is 19.4 Å². The molecule has 35 heavy (non-hydrogen) atoms. The number of carbonyl (C=O) groups is 1. The molecule has 0 saturated heterocycles. The first-order valence-electron chi connectivity index (χ1n) is 10.2. The van der Waals surface area contributed by atoms with Crippen LogP contribution in [0.2, 0.25) is 5.02 Å². The molecule has 0 radical (unpaired) electrons. The highest BCUT2D eigenvalue weighted by atomic mass is 35.5. The van der Waals surface area contributed by atoms with Gasteiger partial charge in [-0.15, -0.1) is 12.3 Å². The quantitative estimate of drug-likeness (QED) is 0.342. The van der Waals surface area contributed by atoms with E-state index in [1.165, 1.54) is 6.33 Å². The lowest BCUT2D eigenvalue weighted by Crippen LogP contribution is -1.99. The molecule has 0 fully saturated rings. The van der Waals surface area contributed by atoms with Crippen LogP contribution in [0.4, 0.5) is 11.5 Å². The van der Waals surface area contributed by atoms with E-state index < -0.39 is 0 Å². The number of hydrogen-bond donors (Lipinski definition) is 1. The van der Waals surface area contributed by atoms with Crippen molar-refractivity contribution >= 4 is 52.0 Å². The highest BCUT2D eigenvalue weighted by Gasteiger charge is 2.10. The summed E-state index contributed by atoms with van der Waals surface area (Å²) in [5, 5.41) is 3.70. The molecular formula is C25H22ClN7O2. The van der Waals surface area contributed by atoms with Crippen LogP contribution in [0.25, 0.3) is 22.1 Å². The van der Waals surface area contributed by atoms with E-state index in [9.17, 15) is 0 Å². The van der Waals surface area contributed by atoms with Crippen molar-refractivity contribution in [2.24, 2.45) is 7.05 Å². The van der Waals surface area contributed by atoms with Crippen LogP contribution in [-0.4, -0.2) is 36.3 Å². The Morgan fingerprint density at radius 1 is 1.09 bits per heavy atom.